The molecule has 2 atom stereocenters. The maximum atomic E-state index is 6.36. The van der Waals surface area contributed by atoms with Gasteiger partial charge in [0.1, 0.15) is 0 Å². The number of benzene rings is 1. The Labute approximate surface area is 125 Å². The molecule has 0 fully saturated rings. The predicted molar refractivity (Wildman–Crippen MR) is 84.3 cm³/mol. The molecule has 0 saturated carbocycles. The van der Waals surface area contributed by atoms with Crippen molar-refractivity contribution in [3.8, 4) is 0 Å². The first kappa shape index (κ1) is 15.1. The molecule has 0 bridgehead atoms. The first-order chi connectivity index (χ1) is 9.45. The van der Waals surface area contributed by atoms with Crippen LogP contribution in [-0.2, 0) is 0 Å². The molecular weight excluding hydrogens is 270 g/mol. The average Bonchev–Trinajstić information content (AvgIpc) is 2.67. The number of aryl methyl sites for hydroxylation is 2. The molecule has 0 aliphatic rings. The van der Waals surface area contributed by atoms with Crippen LogP contribution in [0.4, 0.5) is 0 Å². The molecule has 2 N–H and O–H groups in total. The minimum Gasteiger partial charge on any atom is -0.326 e. The predicted octanol–water partition coefficient (Wildman–Crippen LogP) is 3.79. The lowest BCUT2D eigenvalue weighted by Gasteiger charge is -2.25. The van der Waals surface area contributed by atoms with E-state index in [0.717, 1.165) is 22.8 Å². The monoisotopic (exact) mass is 291 g/mol. The van der Waals surface area contributed by atoms with Crippen LogP contribution in [0.3, 0.4) is 0 Å². The van der Waals surface area contributed by atoms with E-state index >= 15 is 0 Å². The number of halogens is 1. The summed E-state index contributed by atoms with van der Waals surface area (Å²) in [4.78, 5) is 0. The molecule has 1 aromatic carbocycles. The second kappa shape index (κ2) is 5.98. The fourth-order valence-corrected chi connectivity index (χ4v) is 2.69. The third kappa shape index (κ3) is 2.74. The zero-order chi connectivity index (χ0) is 14.9. The van der Waals surface area contributed by atoms with E-state index in [0.29, 0.717) is 0 Å². The lowest BCUT2D eigenvalue weighted by Crippen LogP contribution is -2.33. The van der Waals surface area contributed by atoms with Crippen molar-refractivity contribution in [2.24, 2.45) is 5.73 Å². The highest BCUT2D eigenvalue weighted by molar-refractivity contribution is 6.31. The van der Waals surface area contributed by atoms with Gasteiger partial charge < -0.3 is 5.73 Å². The van der Waals surface area contributed by atoms with E-state index in [-0.39, 0.29) is 12.1 Å². The Morgan fingerprint density at radius 3 is 2.50 bits per heavy atom. The molecule has 4 heteroatoms. The molecule has 1 aromatic heterocycles. The third-order valence-electron chi connectivity index (χ3n) is 3.76. The highest BCUT2D eigenvalue weighted by Gasteiger charge is 2.24. The van der Waals surface area contributed by atoms with Crippen molar-refractivity contribution in [2.45, 2.75) is 46.2 Å². The zero-order valence-corrected chi connectivity index (χ0v) is 13.3. The van der Waals surface area contributed by atoms with Crippen LogP contribution in [0, 0.1) is 20.8 Å². The molecule has 0 amide bonds. The summed E-state index contributed by atoms with van der Waals surface area (Å²) in [7, 11) is 0. The van der Waals surface area contributed by atoms with Crippen molar-refractivity contribution in [3.05, 3.63) is 51.8 Å². The Hall–Kier alpha value is -1.32. The minimum absolute atomic E-state index is 0.00543. The van der Waals surface area contributed by atoms with Crippen LogP contribution in [0.5, 0.6) is 0 Å². The molecule has 2 aromatic rings. The maximum absolute atomic E-state index is 6.36. The molecule has 3 nitrogen and oxygen atoms in total. The fourth-order valence-electron chi connectivity index (χ4n) is 2.56. The van der Waals surface area contributed by atoms with Gasteiger partial charge in [0.05, 0.1) is 22.5 Å². The first-order valence-corrected chi connectivity index (χ1v) is 7.36. The van der Waals surface area contributed by atoms with Crippen LogP contribution >= 0.6 is 11.6 Å². The zero-order valence-electron chi connectivity index (χ0n) is 12.5. The number of hydrogen-bond donors (Lipinski definition) is 1. The first-order valence-electron chi connectivity index (χ1n) is 6.99. The van der Waals surface area contributed by atoms with Gasteiger partial charge in [-0.15, -0.1) is 0 Å². The lowest BCUT2D eigenvalue weighted by atomic mass is 9.96. The smallest absolute Gasteiger partial charge is 0.0923 e. The van der Waals surface area contributed by atoms with E-state index in [1.165, 1.54) is 11.1 Å². The van der Waals surface area contributed by atoms with Crippen LogP contribution in [-0.4, -0.2) is 15.8 Å². The second-order valence-electron chi connectivity index (χ2n) is 5.36. The Morgan fingerprint density at radius 1 is 1.30 bits per heavy atom. The van der Waals surface area contributed by atoms with Crippen molar-refractivity contribution < 1.29 is 0 Å². The van der Waals surface area contributed by atoms with Crippen LogP contribution in [0.25, 0.3) is 0 Å². The third-order valence-corrected chi connectivity index (χ3v) is 4.31. The van der Waals surface area contributed by atoms with E-state index in [9.17, 15) is 0 Å². The highest BCUT2D eigenvalue weighted by atomic mass is 35.5. The average molecular weight is 292 g/mol. The summed E-state index contributed by atoms with van der Waals surface area (Å²) >= 11 is 6.28. The van der Waals surface area contributed by atoms with E-state index in [1.807, 2.05) is 18.5 Å². The normalized spacial score (nSPS) is 14.3. The van der Waals surface area contributed by atoms with Gasteiger partial charge in [0.2, 0.25) is 0 Å². The van der Waals surface area contributed by atoms with Crippen LogP contribution in [0.2, 0.25) is 5.02 Å². The molecule has 0 radical (unpaired) electrons. The van der Waals surface area contributed by atoms with Crippen molar-refractivity contribution in [2.75, 3.05) is 0 Å². The molecular formula is C16H22ClN3. The van der Waals surface area contributed by atoms with Gasteiger partial charge in [-0.3, -0.25) is 4.68 Å². The van der Waals surface area contributed by atoms with Crippen molar-refractivity contribution in [1.82, 2.24) is 9.78 Å². The molecule has 1 heterocycles. The minimum atomic E-state index is 0.00543. The van der Waals surface area contributed by atoms with Gasteiger partial charge in [-0.25, -0.2) is 0 Å². The summed E-state index contributed by atoms with van der Waals surface area (Å²) in [5, 5.41) is 5.32. The number of nitrogens with zero attached hydrogens (tertiary/aromatic N) is 2. The Kier molecular flexibility index (Phi) is 4.51. The van der Waals surface area contributed by atoms with Gasteiger partial charge in [0, 0.05) is 6.04 Å². The van der Waals surface area contributed by atoms with Crippen molar-refractivity contribution >= 4 is 11.6 Å². The highest BCUT2D eigenvalue weighted by Crippen LogP contribution is 2.29. The standard InChI is InChI=1S/C16H22ClN3/c1-5-14(18)16(13-8-6-7-10(2)9-13)20-12(4)15(17)11(3)19-20/h6-9,14,16H,5,18H2,1-4H3. The molecule has 0 saturated heterocycles. The van der Waals surface area contributed by atoms with Gasteiger partial charge in [0.15, 0.2) is 0 Å². The summed E-state index contributed by atoms with van der Waals surface area (Å²) in [5.41, 5.74) is 10.6. The summed E-state index contributed by atoms with van der Waals surface area (Å²) in [6.45, 7) is 8.11. The number of hydrogen-bond acceptors (Lipinski definition) is 2. The van der Waals surface area contributed by atoms with E-state index in [4.69, 9.17) is 17.3 Å². The van der Waals surface area contributed by atoms with Gasteiger partial charge in [-0.2, -0.15) is 5.10 Å². The van der Waals surface area contributed by atoms with Gasteiger partial charge in [0.25, 0.3) is 0 Å². The van der Waals surface area contributed by atoms with Crippen molar-refractivity contribution in [3.63, 3.8) is 0 Å². The molecule has 20 heavy (non-hydrogen) atoms. The molecule has 2 unspecified atom stereocenters. The number of nitrogens with two attached hydrogens (primary N) is 1. The van der Waals surface area contributed by atoms with Crippen molar-refractivity contribution in [1.29, 1.82) is 0 Å². The van der Waals surface area contributed by atoms with E-state index in [1.54, 1.807) is 0 Å². The Balaban J connectivity index is 2.56. The summed E-state index contributed by atoms with van der Waals surface area (Å²) in [6, 6.07) is 8.46. The van der Waals surface area contributed by atoms with Gasteiger partial charge in [-0.1, -0.05) is 48.4 Å². The Morgan fingerprint density at radius 2 is 2.00 bits per heavy atom. The van der Waals surface area contributed by atoms with E-state index in [2.05, 4.69) is 43.2 Å². The van der Waals surface area contributed by atoms with Crippen LogP contribution in [0.15, 0.2) is 24.3 Å². The van der Waals surface area contributed by atoms with Gasteiger partial charge >= 0.3 is 0 Å². The molecule has 2 rings (SSSR count). The lowest BCUT2D eigenvalue weighted by molar-refractivity contribution is 0.415. The quantitative estimate of drug-likeness (QED) is 0.931. The maximum Gasteiger partial charge on any atom is 0.0923 e. The SMILES string of the molecule is CCC(N)C(c1cccc(C)c1)n1nc(C)c(Cl)c1C. The molecule has 0 spiro atoms. The molecule has 108 valence electrons. The Bertz CT molecular complexity index is 604. The summed E-state index contributed by atoms with van der Waals surface area (Å²) in [6.07, 6.45) is 0.884. The van der Waals surface area contributed by atoms with E-state index < -0.39 is 0 Å². The summed E-state index contributed by atoms with van der Waals surface area (Å²) < 4.78 is 1.97. The summed E-state index contributed by atoms with van der Waals surface area (Å²) in [5.74, 6) is 0. The van der Waals surface area contributed by atoms with Crippen LogP contribution < -0.4 is 5.73 Å². The van der Waals surface area contributed by atoms with Gasteiger partial charge in [-0.05, 0) is 32.8 Å². The number of rotatable bonds is 4. The van der Waals surface area contributed by atoms with Crippen LogP contribution in [0.1, 0.15) is 41.9 Å². The largest absolute Gasteiger partial charge is 0.326 e. The molecule has 0 aliphatic heterocycles. The second-order valence-corrected chi connectivity index (χ2v) is 5.74. The topological polar surface area (TPSA) is 43.8 Å². The molecule has 0 aliphatic carbocycles. The fraction of sp³-hybridized carbons (Fsp3) is 0.438. The number of aromatic nitrogens is 2.